The van der Waals surface area contributed by atoms with E-state index >= 15 is 0 Å². The molecule has 3 aromatic carbocycles. The van der Waals surface area contributed by atoms with Gasteiger partial charge in [-0.1, -0.05) is 132 Å². The minimum atomic E-state index is -2.65. The van der Waals surface area contributed by atoms with Gasteiger partial charge in [0.15, 0.2) is 8.32 Å². The van der Waals surface area contributed by atoms with Crippen LogP contribution in [0.5, 0.6) is 0 Å². The molecule has 5 N–H and O–H groups in total. The van der Waals surface area contributed by atoms with Gasteiger partial charge in [-0.3, -0.25) is 19.2 Å². The number of hydrogen-bond acceptors (Lipinski definition) is 11. The first-order valence-electron chi connectivity index (χ1n) is 26.4. The molecule has 15 nitrogen and oxygen atoms in total. The van der Waals surface area contributed by atoms with Crippen LogP contribution in [0.1, 0.15) is 143 Å². The maximum atomic E-state index is 14.7. The highest BCUT2D eigenvalue weighted by molar-refractivity contribution is 6.74. The van der Waals surface area contributed by atoms with Gasteiger partial charge in [0.05, 0.1) is 30.8 Å². The Balaban J connectivity index is 1.39. The first-order chi connectivity index (χ1) is 34.7. The van der Waals surface area contributed by atoms with Crippen LogP contribution in [0.25, 0.3) is 11.1 Å². The summed E-state index contributed by atoms with van der Waals surface area (Å²) in [5.74, 6) is -4.50. The number of nitrogens with one attached hydrogen (secondary N) is 4. The summed E-state index contributed by atoms with van der Waals surface area (Å²) in [4.78, 5) is 82.9. The van der Waals surface area contributed by atoms with Crippen molar-refractivity contribution in [2.75, 3.05) is 13.7 Å². The summed E-state index contributed by atoms with van der Waals surface area (Å²) in [5.41, 5.74) is 2.71. The maximum Gasteiger partial charge on any atom is 0.407 e. The molecular formula is C58H84N4O11Si. The molecule has 3 aromatic rings. The van der Waals surface area contributed by atoms with Crippen molar-refractivity contribution in [1.29, 1.82) is 0 Å². The normalized spacial score (nSPS) is 16.7. The van der Waals surface area contributed by atoms with Crippen LogP contribution in [0.4, 0.5) is 4.79 Å². The minimum absolute atomic E-state index is 0.0194. The van der Waals surface area contributed by atoms with Crippen LogP contribution < -0.4 is 21.3 Å². The SMILES string of the molecule is COC(=O)[C@@H](Cc1ccccc1)NC(=O)[C@@H](CCC(=O)OC(C)(C)C)NC(=O)[C@@H](C)NC(=O)[C@@H](C[C@H](O[Si](C)(C)C(C)(C)C)[C@H](CC1CCCCC1)NC(=O)OCC1c2ccccc2-c2ccccc21)C(C)(C)O. The summed E-state index contributed by atoms with van der Waals surface area (Å²) in [7, 11) is -1.44. The largest absolute Gasteiger partial charge is 0.467 e. The third-order valence-corrected chi connectivity index (χ3v) is 19.3. The number of benzene rings is 3. The molecule has 5 rings (SSSR count). The molecule has 6 atom stereocenters. The van der Waals surface area contributed by atoms with Gasteiger partial charge in [-0.25, -0.2) is 9.59 Å². The molecule has 1 fully saturated rings. The third kappa shape index (κ3) is 17.0. The quantitative estimate of drug-likeness (QED) is 0.0344. The average molecular weight is 1040 g/mol. The number of ether oxygens (including phenoxy) is 3. The number of hydrogen-bond donors (Lipinski definition) is 5. The van der Waals surface area contributed by atoms with Gasteiger partial charge in [-0.2, -0.15) is 0 Å². The maximum absolute atomic E-state index is 14.7. The molecule has 4 amide bonds. The van der Waals surface area contributed by atoms with Crippen molar-refractivity contribution < 1.29 is 52.5 Å². The van der Waals surface area contributed by atoms with E-state index in [9.17, 15) is 33.9 Å². The van der Waals surface area contributed by atoms with E-state index in [1.807, 2.05) is 30.3 Å². The fourth-order valence-corrected chi connectivity index (χ4v) is 11.1. The van der Waals surface area contributed by atoms with Gasteiger partial charge >= 0.3 is 18.0 Å². The number of amides is 4. The zero-order valence-electron chi connectivity index (χ0n) is 45.9. The van der Waals surface area contributed by atoms with E-state index in [4.69, 9.17) is 18.6 Å². The molecule has 2 aliphatic rings. The molecule has 406 valence electrons. The highest BCUT2D eigenvalue weighted by atomic mass is 28.4. The van der Waals surface area contributed by atoms with E-state index in [1.54, 1.807) is 45.0 Å². The smallest absolute Gasteiger partial charge is 0.407 e. The summed E-state index contributed by atoms with van der Waals surface area (Å²) < 4.78 is 23.9. The lowest BCUT2D eigenvalue weighted by atomic mass is 9.80. The monoisotopic (exact) mass is 1040 g/mol. The second-order valence-electron chi connectivity index (χ2n) is 23.4. The number of rotatable bonds is 23. The number of esters is 2. The molecule has 74 heavy (non-hydrogen) atoms. The van der Waals surface area contributed by atoms with E-state index in [2.05, 4.69) is 79.4 Å². The highest BCUT2D eigenvalue weighted by Gasteiger charge is 2.46. The lowest BCUT2D eigenvalue weighted by Gasteiger charge is -2.44. The molecule has 0 bridgehead atoms. The third-order valence-electron chi connectivity index (χ3n) is 14.8. The van der Waals surface area contributed by atoms with Crippen LogP contribution in [0.2, 0.25) is 18.1 Å². The van der Waals surface area contributed by atoms with Crippen molar-refractivity contribution in [2.45, 2.75) is 192 Å². The first kappa shape index (κ1) is 59.3. The Kier molecular flexibility index (Phi) is 20.7. The van der Waals surface area contributed by atoms with E-state index < -0.39 is 91.5 Å². The molecule has 0 heterocycles. The predicted octanol–water partition coefficient (Wildman–Crippen LogP) is 9.04. The van der Waals surface area contributed by atoms with Crippen LogP contribution in [0.3, 0.4) is 0 Å². The van der Waals surface area contributed by atoms with Crippen LogP contribution >= 0.6 is 0 Å². The lowest BCUT2D eigenvalue weighted by molar-refractivity contribution is -0.155. The van der Waals surface area contributed by atoms with Crippen LogP contribution in [0.15, 0.2) is 78.9 Å². The van der Waals surface area contributed by atoms with Gasteiger partial charge in [-0.05, 0) is 113 Å². The zero-order valence-corrected chi connectivity index (χ0v) is 46.9. The Morgan fingerprint density at radius 3 is 1.84 bits per heavy atom. The van der Waals surface area contributed by atoms with E-state index in [0.29, 0.717) is 6.42 Å². The van der Waals surface area contributed by atoms with Gasteiger partial charge in [0, 0.05) is 18.8 Å². The van der Waals surface area contributed by atoms with Gasteiger partial charge in [0.25, 0.3) is 0 Å². The molecule has 16 heteroatoms. The van der Waals surface area contributed by atoms with Gasteiger partial charge in [0.1, 0.15) is 30.3 Å². The van der Waals surface area contributed by atoms with Gasteiger partial charge < -0.3 is 45.0 Å². The van der Waals surface area contributed by atoms with Crippen LogP contribution in [-0.4, -0.2) is 104 Å². The summed E-state index contributed by atoms with van der Waals surface area (Å²) in [6, 6.07) is 21.0. The Morgan fingerprint density at radius 2 is 1.28 bits per heavy atom. The summed E-state index contributed by atoms with van der Waals surface area (Å²) in [6.45, 7) is 20.4. The molecule has 2 aliphatic carbocycles. The standard InChI is InChI=1S/C58H84N4O11Si/c1-37(51(64)60-46(31-32-50(63)72-56(2,3)4)53(66)61-48(54(67)70-10)34-39-25-17-14-18-26-39)59-52(65)45(58(8,9)69)35-49(73-74(11,12)57(5,6)7)47(33-38-23-15-13-16-24-38)62-55(68)71-36-44-42-29-21-19-27-40(42)41-28-20-22-30-43(41)44/h14,17-22,25-30,37-38,44-49,69H,13,15-16,23-24,31-36H2,1-12H3,(H,59,65)(H,60,64)(H,61,66)(H,62,68)/t37-,45-,46-,47+,48-,49+/m1/s1. The topological polar surface area (TPSA) is 208 Å². The highest BCUT2D eigenvalue weighted by Crippen LogP contribution is 2.45. The average Bonchev–Trinajstić information content (AvgIpc) is 3.65. The van der Waals surface area contributed by atoms with E-state index in [-0.39, 0.29) is 49.2 Å². The van der Waals surface area contributed by atoms with Gasteiger partial charge in [0.2, 0.25) is 17.7 Å². The second-order valence-corrected chi connectivity index (χ2v) is 28.1. The second kappa shape index (κ2) is 25.8. The lowest BCUT2D eigenvalue weighted by Crippen LogP contribution is -2.58. The fraction of sp³-hybridized carbons (Fsp3) is 0.586. The van der Waals surface area contributed by atoms with Crippen LogP contribution in [-0.2, 0) is 49.0 Å². The molecule has 0 aliphatic heterocycles. The van der Waals surface area contributed by atoms with Crippen LogP contribution in [0, 0.1) is 11.8 Å². The summed E-state index contributed by atoms with van der Waals surface area (Å²) in [5, 5.41) is 23.0. The van der Waals surface area contributed by atoms with E-state index in [1.165, 1.54) is 27.9 Å². The molecule has 0 spiro atoms. The van der Waals surface area contributed by atoms with E-state index in [0.717, 1.165) is 59.9 Å². The van der Waals surface area contributed by atoms with Crippen molar-refractivity contribution in [3.05, 3.63) is 95.6 Å². The molecule has 0 unspecified atom stereocenters. The number of alkyl carbamates (subject to hydrolysis) is 1. The minimum Gasteiger partial charge on any atom is -0.467 e. The number of carbonyl (C=O) groups is 6. The number of methoxy groups -OCH3 is 1. The first-order valence-corrected chi connectivity index (χ1v) is 29.3. The predicted molar refractivity (Wildman–Crippen MR) is 288 cm³/mol. The number of fused-ring (bicyclic) bond motifs is 3. The summed E-state index contributed by atoms with van der Waals surface area (Å²) >= 11 is 0. The Bertz CT molecular complexity index is 2340. The molecule has 0 aromatic heterocycles. The van der Waals surface area contributed by atoms with Crippen molar-refractivity contribution in [1.82, 2.24) is 21.3 Å². The molecular weight excluding hydrogens is 957 g/mol. The number of aliphatic hydroxyl groups is 1. The van der Waals surface area contributed by atoms with Crippen molar-refractivity contribution in [2.24, 2.45) is 11.8 Å². The fourth-order valence-electron chi connectivity index (χ4n) is 9.73. The Hall–Kier alpha value is -5.58. The van der Waals surface area contributed by atoms with Crippen molar-refractivity contribution >= 4 is 44.1 Å². The number of carbonyl (C=O) groups excluding carboxylic acids is 6. The summed E-state index contributed by atoms with van der Waals surface area (Å²) in [6.07, 6.45) is 4.06. The Labute approximate surface area is 440 Å². The van der Waals surface area contributed by atoms with Gasteiger partial charge in [-0.15, -0.1) is 0 Å². The molecule has 1 saturated carbocycles. The Morgan fingerprint density at radius 1 is 0.716 bits per heavy atom. The van der Waals surface area contributed by atoms with Crippen molar-refractivity contribution in [3.63, 3.8) is 0 Å². The molecule has 0 saturated heterocycles. The zero-order chi connectivity index (χ0) is 54.6. The van der Waals surface area contributed by atoms with Crippen molar-refractivity contribution in [3.8, 4) is 11.1 Å². The molecule has 0 radical (unpaired) electrons.